The van der Waals surface area contributed by atoms with E-state index in [-0.39, 0.29) is 28.8 Å². The fourth-order valence-corrected chi connectivity index (χ4v) is 2.95. The normalized spacial score (nSPS) is 13.3. The van der Waals surface area contributed by atoms with Gasteiger partial charge in [-0.1, -0.05) is 13.0 Å². The van der Waals surface area contributed by atoms with Crippen molar-refractivity contribution in [2.45, 2.75) is 32.5 Å². The molecule has 0 fully saturated rings. The van der Waals surface area contributed by atoms with Gasteiger partial charge in [-0.3, -0.25) is 9.48 Å². The first kappa shape index (κ1) is 19.0. The van der Waals surface area contributed by atoms with Crippen molar-refractivity contribution in [1.29, 1.82) is 0 Å². The molecular formula is C17H15F5N4O. The smallest absolute Gasteiger partial charge is 0.309 e. The average Bonchev–Trinajstić information content (AvgIpc) is 2.91. The Morgan fingerprint density at radius 1 is 1.30 bits per heavy atom. The molecular weight excluding hydrogens is 371 g/mol. The van der Waals surface area contributed by atoms with Crippen LogP contribution >= 0.6 is 0 Å². The minimum absolute atomic E-state index is 0.0625. The number of nitrogens with zero attached hydrogens (tertiary/aromatic N) is 3. The zero-order chi connectivity index (χ0) is 19.9. The van der Waals surface area contributed by atoms with Crippen LogP contribution in [0.3, 0.4) is 0 Å². The number of aromatic amines is 1. The Labute approximate surface area is 149 Å². The lowest BCUT2D eigenvalue weighted by atomic mass is 9.95. The maximum absolute atomic E-state index is 13.9. The summed E-state index contributed by atoms with van der Waals surface area (Å²) in [6.07, 6.45) is -4.80. The minimum atomic E-state index is -4.80. The van der Waals surface area contributed by atoms with Gasteiger partial charge in [-0.15, -0.1) is 0 Å². The number of hydrogen-bond donors (Lipinski definition) is 1. The second-order valence-electron chi connectivity index (χ2n) is 6.10. The Balaban J connectivity index is 2.15. The first-order valence-corrected chi connectivity index (χ1v) is 8.03. The third kappa shape index (κ3) is 3.43. The summed E-state index contributed by atoms with van der Waals surface area (Å²) in [5, 5.41) is 4.21. The number of aryl methyl sites for hydroxylation is 2. The van der Waals surface area contributed by atoms with E-state index in [1.807, 2.05) is 0 Å². The van der Waals surface area contributed by atoms with Crippen LogP contribution in [0.15, 0.2) is 23.0 Å². The molecule has 3 aromatic rings. The summed E-state index contributed by atoms with van der Waals surface area (Å²) >= 11 is 0. The van der Waals surface area contributed by atoms with Crippen LogP contribution in [-0.4, -0.2) is 26.4 Å². The SMILES string of the molecule is Cc1nc2c([C@H](C)c3ccc(C(F)(F)F)c(F)c3)nn(CCF)c2c(=O)[nH]1. The quantitative estimate of drug-likeness (QED) is 0.696. The Hall–Kier alpha value is -2.78. The van der Waals surface area contributed by atoms with Gasteiger partial charge in [0.05, 0.1) is 17.8 Å². The van der Waals surface area contributed by atoms with Crippen molar-refractivity contribution in [2.24, 2.45) is 0 Å². The number of nitrogens with one attached hydrogen (secondary N) is 1. The Kier molecular flexibility index (Phi) is 4.75. The highest BCUT2D eigenvalue weighted by atomic mass is 19.4. The lowest BCUT2D eigenvalue weighted by molar-refractivity contribution is -0.140. The van der Waals surface area contributed by atoms with E-state index in [1.54, 1.807) is 13.8 Å². The minimum Gasteiger partial charge on any atom is -0.309 e. The number of fused-ring (bicyclic) bond motifs is 1. The molecule has 27 heavy (non-hydrogen) atoms. The van der Waals surface area contributed by atoms with Gasteiger partial charge in [0.25, 0.3) is 5.56 Å². The molecule has 10 heteroatoms. The summed E-state index contributed by atoms with van der Waals surface area (Å²) in [6, 6.07) is 2.59. The highest BCUT2D eigenvalue weighted by Crippen LogP contribution is 2.34. The second-order valence-corrected chi connectivity index (χ2v) is 6.10. The summed E-state index contributed by atoms with van der Waals surface area (Å²) < 4.78 is 66.1. The molecule has 2 aromatic heterocycles. The van der Waals surface area contributed by atoms with E-state index in [1.165, 1.54) is 0 Å². The molecule has 3 rings (SSSR count). The van der Waals surface area contributed by atoms with Gasteiger partial charge in [-0.25, -0.2) is 13.8 Å². The van der Waals surface area contributed by atoms with Gasteiger partial charge in [0.1, 0.15) is 23.8 Å². The molecule has 144 valence electrons. The second kappa shape index (κ2) is 6.75. The molecule has 0 aliphatic carbocycles. The largest absolute Gasteiger partial charge is 0.419 e. The standard InChI is InChI=1S/C17H15F5N4O/c1-8(10-3-4-11(12(19)7-10)17(20,21)22)13-14-15(26(25-13)6-5-18)16(27)24-9(2)23-14/h3-4,7-8H,5-6H2,1-2H3,(H,23,24,27)/t8-/m1/s1. The van der Waals surface area contributed by atoms with Crippen LogP contribution < -0.4 is 5.56 Å². The molecule has 1 atom stereocenters. The van der Waals surface area contributed by atoms with E-state index in [0.717, 1.165) is 16.8 Å². The van der Waals surface area contributed by atoms with Gasteiger partial charge >= 0.3 is 6.18 Å². The summed E-state index contributed by atoms with van der Waals surface area (Å²) in [5.41, 5.74) is -1.11. The topological polar surface area (TPSA) is 63.6 Å². The molecule has 0 spiro atoms. The number of hydrogen-bond acceptors (Lipinski definition) is 3. The van der Waals surface area contributed by atoms with Crippen LogP contribution in [0.4, 0.5) is 22.0 Å². The third-order valence-corrected chi connectivity index (χ3v) is 4.25. The predicted molar refractivity (Wildman–Crippen MR) is 87.8 cm³/mol. The number of rotatable bonds is 4. The summed E-state index contributed by atoms with van der Waals surface area (Å²) in [4.78, 5) is 18.9. The lowest BCUT2D eigenvalue weighted by Gasteiger charge is -2.13. The number of aromatic nitrogens is 4. The molecule has 0 amide bonds. The highest BCUT2D eigenvalue weighted by Gasteiger charge is 2.34. The van der Waals surface area contributed by atoms with E-state index in [2.05, 4.69) is 15.1 Å². The van der Waals surface area contributed by atoms with E-state index in [4.69, 9.17) is 0 Å². The molecule has 0 aliphatic heterocycles. The number of benzene rings is 1. The lowest BCUT2D eigenvalue weighted by Crippen LogP contribution is -2.14. The van der Waals surface area contributed by atoms with E-state index in [0.29, 0.717) is 11.9 Å². The van der Waals surface area contributed by atoms with Crippen LogP contribution in [0.2, 0.25) is 0 Å². The van der Waals surface area contributed by atoms with Crippen LogP contribution in [0, 0.1) is 12.7 Å². The van der Waals surface area contributed by atoms with Crippen molar-refractivity contribution in [3.63, 3.8) is 0 Å². The van der Waals surface area contributed by atoms with Crippen molar-refractivity contribution in [3.8, 4) is 0 Å². The van der Waals surface area contributed by atoms with E-state index < -0.39 is 35.7 Å². The summed E-state index contributed by atoms with van der Waals surface area (Å²) in [5.74, 6) is -1.76. The van der Waals surface area contributed by atoms with Crippen molar-refractivity contribution in [1.82, 2.24) is 19.7 Å². The van der Waals surface area contributed by atoms with Crippen LogP contribution in [0.25, 0.3) is 11.0 Å². The molecule has 0 unspecified atom stereocenters. The van der Waals surface area contributed by atoms with Crippen molar-refractivity contribution >= 4 is 11.0 Å². The monoisotopic (exact) mass is 386 g/mol. The maximum Gasteiger partial charge on any atom is 0.419 e. The molecule has 1 N–H and O–H groups in total. The molecule has 0 bridgehead atoms. The molecule has 0 aliphatic rings. The zero-order valence-corrected chi connectivity index (χ0v) is 14.4. The van der Waals surface area contributed by atoms with E-state index >= 15 is 0 Å². The molecule has 0 radical (unpaired) electrons. The average molecular weight is 386 g/mol. The Morgan fingerprint density at radius 2 is 2.00 bits per heavy atom. The zero-order valence-electron chi connectivity index (χ0n) is 14.4. The van der Waals surface area contributed by atoms with Crippen molar-refractivity contribution in [3.05, 3.63) is 57.0 Å². The van der Waals surface area contributed by atoms with E-state index in [9.17, 15) is 26.7 Å². The number of alkyl halides is 4. The van der Waals surface area contributed by atoms with Crippen molar-refractivity contribution < 1.29 is 22.0 Å². The van der Waals surface area contributed by atoms with Crippen LogP contribution in [-0.2, 0) is 12.7 Å². The van der Waals surface area contributed by atoms with Gasteiger partial charge in [0, 0.05) is 5.92 Å². The Bertz CT molecular complexity index is 1050. The van der Waals surface area contributed by atoms with Gasteiger partial charge < -0.3 is 4.98 Å². The molecule has 0 saturated heterocycles. The fraction of sp³-hybridized carbons (Fsp3) is 0.353. The van der Waals surface area contributed by atoms with Gasteiger partial charge in [-0.2, -0.15) is 18.3 Å². The number of halogens is 5. The summed E-state index contributed by atoms with van der Waals surface area (Å²) in [7, 11) is 0. The first-order valence-electron chi connectivity index (χ1n) is 8.03. The number of H-pyrrole nitrogens is 1. The van der Waals surface area contributed by atoms with Gasteiger partial charge in [-0.05, 0) is 24.6 Å². The van der Waals surface area contributed by atoms with Gasteiger partial charge in [0.15, 0.2) is 5.52 Å². The Morgan fingerprint density at radius 3 is 2.59 bits per heavy atom. The highest BCUT2D eigenvalue weighted by molar-refractivity contribution is 5.77. The maximum atomic E-state index is 13.9. The molecule has 2 heterocycles. The predicted octanol–water partition coefficient (Wildman–Crippen LogP) is 3.71. The molecule has 0 saturated carbocycles. The first-order chi connectivity index (χ1) is 12.6. The van der Waals surface area contributed by atoms with Crippen molar-refractivity contribution in [2.75, 3.05) is 6.67 Å². The summed E-state index contributed by atoms with van der Waals surface area (Å²) in [6.45, 7) is 2.20. The van der Waals surface area contributed by atoms with Crippen LogP contribution in [0.1, 0.15) is 35.5 Å². The fourth-order valence-electron chi connectivity index (χ4n) is 2.95. The van der Waals surface area contributed by atoms with Gasteiger partial charge in [0.2, 0.25) is 0 Å². The third-order valence-electron chi connectivity index (χ3n) is 4.25. The molecule has 1 aromatic carbocycles. The molecule has 5 nitrogen and oxygen atoms in total. The van der Waals surface area contributed by atoms with Crippen LogP contribution in [0.5, 0.6) is 0 Å².